The molecule has 1 saturated carbocycles. The molecule has 37 heavy (non-hydrogen) atoms. The summed E-state index contributed by atoms with van der Waals surface area (Å²) in [5.74, 6) is 1.79. The number of aryl methyl sites for hydroxylation is 1. The number of rotatable bonds is 10. The molecule has 1 fully saturated rings. The fourth-order valence-electron chi connectivity index (χ4n) is 4.61. The third kappa shape index (κ3) is 6.23. The molecule has 5 rings (SSSR count). The van der Waals surface area contributed by atoms with Crippen LogP contribution in [0.5, 0.6) is 5.75 Å². The molecule has 1 atom stereocenters. The predicted molar refractivity (Wildman–Crippen MR) is 140 cm³/mol. The van der Waals surface area contributed by atoms with Crippen molar-refractivity contribution in [1.82, 2.24) is 20.2 Å². The molecule has 0 spiro atoms. The number of hydrogen-bond acceptors (Lipinski definition) is 8. The molecule has 1 aromatic carbocycles. The number of aromatic nitrogens is 2. The van der Waals surface area contributed by atoms with Gasteiger partial charge in [0.1, 0.15) is 18.2 Å². The number of fused-ring (bicyclic) bond motifs is 1. The number of oxazole rings is 1. The van der Waals surface area contributed by atoms with Crippen molar-refractivity contribution in [1.29, 1.82) is 0 Å². The Morgan fingerprint density at radius 2 is 2.19 bits per heavy atom. The quantitative estimate of drug-likeness (QED) is 0.367. The van der Waals surface area contributed by atoms with E-state index in [9.17, 15) is 9.90 Å². The van der Waals surface area contributed by atoms with Gasteiger partial charge in [0.25, 0.3) is 5.91 Å². The Hall–Kier alpha value is -3.14. The number of amides is 1. The number of carbonyl (C=O) groups is 1. The maximum absolute atomic E-state index is 12.6. The Bertz CT molecular complexity index is 1250. The summed E-state index contributed by atoms with van der Waals surface area (Å²) in [5, 5.41) is 17.4. The van der Waals surface area contributed by atoms with Crippen molar-refractivity contribution in [2.45, 2.75) is 57.9 Å². The minimum Gasteiger partial charge on any atom is -0.484 e. The SMILES string of the molecule is Cc1ncoc1COc1ccc2c(c1Cl)CCN(C[C@@H](O)CNC(=O)c1ccnc(NC3CCC3)c1)C2. The number of anilines is 1. The number of β-amino-alcohol motifs (C(OH)–C–C–N with tert-alkyl or cyclic N) is 1. The molecule has 1 amide bonds. The van der Waals surface area contributed by atoms with Crippen LogP contribution in [0.1, 0.15) is 52.2 Å². The molecular formula is C27H32ClN5O4. The number of nitrogens with zero attached hydrogens (tertiary/aromatic N) is 3. The maximum atomic E-state index is 12.6. The molecule has 3 heterocycles. The van der Waals surface area contributed by atoms with Crippen molar-refractivity contribution in [2.24, 2.45) is 0 Å². The number of aliphatic hydroxyl groups is 1. The molecule has 0 unspecified atom stereocenters. The first kappa shape index (κ1) is 25.5. The smallest absolute Gasteiger partial charge is 0.251 e. The second kappa shape index (κ2) is 11.5. The maximum Gasteiger partial charge on any atom is 0.251 e. The Balaban J connectivity index is 1.10. The van der Waals surface area contributed by atoms with Crippen molar-refractivity contribution in [2.75, 3.05) is 25.0 Å². The van der Waals surface area contributed by atoms with Gasteiger partial charge in [-0.2, -0.15) is 0 Å². The fraction of sp³-hybridized carbons (Fsp3) is 0.444. The predicted octanol–water partition coefficient (Wildman–Crippen LogP) is 3.72. The molecular weight excluding hydrogens is 494 g/mol. The fourth-order valence-corrected chi connectivity index (χ4v) is 4.94. The Morgan fingerprint density at radius 3 is 2.95 bits per heavy atom. The van der Waals surface area contributed by atoms with Gasteiger partial charge in [-0.1, -0.05) is 17.7 Å². The topological polar surface area (TPSA) is 113 Å². The van der Waals surface area contributed by atoms with E-state index in [2.05, 4.69) is 25.5 Å². The number of aliphatic hydroxyl groups excluding tert-OH is 1. The summed E-state index contributed by atoms with van der Waals surface area (Å²) in [5.41, 5.74) is 3.50. The Morgan fingerprint density at radius 1 is 1.32 bits per heavy atom. The van der Waals surface area contributed by atoms with Crippen LogP contribution < -0.4 is 15.4 Å². The van der Waals surface area contributed by atoms with Crippen LogP contribution in [0.25, 0.3) is 0 Å². The van der Waals surface area contributed by atoms with E-state index in [-0.39, 0.29) is 19.1 Å². The van der Waals surface area contributed by atoms with Crippen LogP contribution in [0.2, 0.25) is 5.02 Å². The van der Waals surface area contributed by atoms with Gasteiger partial charge in [0, 0.05) is 44.0 Å². The van der Waals surface area contributed by atoms with Gasteiger partial charge >= 0.3 is 0 Å². The molecule has 2 aliphatic rings. The summed E-state index contributed by atoms with van der Waals surface area (Å²) >= 11 is 6.66. The third-order valence-corrected chi connectivity index (χ3v) is 7.44. The molecule has 0 bridgehead atoms. The highest BCUT2D eigenvalue weighted by Crippen LogP contribution is 2.34. The van der Waals surface area contributed by atoms with E-state index in [1.165, 1.54) is 12.8 Å². The van der Waals surface area contributed by atoms with E-state index in [1.54, 1.807) is 18.3 Å². The van der Waals surface area contributed by atoms with Crippen LogP contribution in [0, 0.1) is 6.92 Å². The van der Waals surface area contributed by atoms with Gasteiger partial charge in [0.2, 0.25) is 0 Å². The van der Waals surface area contributed by atoms with Crippen LogP contribution in [0.15, 0.2) is 41.3 Å². The molecule has 0 saturated heterocycles. The average molecular weight is 526 g/mol. The van der Waals surface area contributed by atoms with Crippen molar-refractivity contribution >= 4 is 23.3 Å². The molecule has 1 aliphatic carbocycles. The molecule has 0 radical (unpaired) electrons. The van der Waals surface area contributed by atoms with Gasteiger partial charge < -0.3 is 24.9 Å². The lowest BCUT2D eigenvalue weighted by Gasteiger charge is -2.31. The van der Waals surface area contributed by atoms with Crippen molar-refractivity contribution in [3.05, 3.63) is 70.0 Å². The second-order valence-electron chi connectivity index (χ2n) is 9.72. The van der Waals surface area contributed by atoms with Crippen molar-refractivity contribution in [3.8, 4) is 5.75 Å². The van der Waals surface area contributed by atoms with Crippen LogP contribution >= 0.6 is 11.6 Å². The first-order chi connectivity index (χ1) is 18.0. The van der Waals surface area contributed by atoms with Crippen LogP contribution in [0.3, 0.4) is 0 Å². The minimum atomic E-state index is -0.692. The summed E-state index contributed by atoms with van der Waals surface area (Å²) in [6.07, 6.45) is 6.59. The van der Waals surface area contributed by atoms with E-state index in [0.29, 0.717) is 47.0 Å². The lowest BCUT2D eigenvalue weighted by atomic mass is 9.93. The number of carbonyl (C=O) groups excluding carboxylic acids is 1. The third-order valence-electron chi connectivity index (χ3n) is 7.03. The van der Waals surface area contributed by atoms with Crippen LogP contribution in [-0.4, -0.2) is 57.7 Å². The lowest BCUT2D eigenvalue weighted by molar-refractivity contribution is 0.0841. The molecule has 9 nitrogen and oxygen atoms in total. The zero-order valence-corrected chi connectivity index (χ0v) is 21.6. The number of halogens is 1. The standard InChI is InChI=1S/C27H32ClN5O4/c1-17-24(37-16-31-17)15-36-23-6-5-19-13-33(10-8-22(19)26(23)28)14-21(34)12-30-27(35)18-7-9-29-25(11-18)32-20-3-2-4-20/h5-7,9,11,16,20-21,34H,2-4,8,10,12-15H2,1H3,(H,29,32)(H,30,35)/t21-/m0/s1. The van der Waals surface area contributed by atoms with E-state index < -0.39 is 6.10 Å². The molecule has 3 N–H and O–H groups in total. The van der Waals surface area contributed by atoms with E-state index in [1.807, 2.05) is 19.1 Å². The zero-order chi connectivity index (χ0) is 25.8. The number of nitrogens with one attached hydrogen (secondary N) is 2. The number of pyridine rings is 1. The Labute approximate surface area is 221 Å². The number of ether oxygens (including phenoxy) is 1. The first-order valence-electron chi connectivity index (χ1n) is 12.7. The lowest BCUT2D eigenvalue weighted by Crippen LogP contribution is -2.42. The van der Waals surface area contributed by atoms with Crippen molar-refractivity contribution < 1.29 is 19.1 Å². The summed E-state index contributed by atoms with van der Waals surface area (Å²) in [7, 11) is 0. The molecule has 3 aromatic rings. The van der Waals surface area contributed by atoms with E-state index >= 15 is 0 Å². The van der Waals surface area contributed by atoms with E-state index in [4.69, 9.17) is 20.8 Å². The monoisotopic (exact) mass is 525 g/mol. The van der Waals surface area contributed by atoms with Gasteiger partial charge in [-0.25, -0.2) is 9.97 Å². The van der Waals surface area contributed by atoms with Crippen LogP contribution in [-0.2, 0) is 19.6 Å². The minimum absolute atomic E-state index is 0.171. The van der Waals surface area contributed by atoms with Crippen LogP contribution in [0.4, 0.5) is 5.82 Å². The first-order valence-corrected chi connectivity index (χ1v) is 13.1. The largest absolute Gasteiger partial charge is 0.484 e. The highest BCUT2D eigenvalue weighted by atomic mass is 35.5. The normalized spacial score (nSPS) is 16.5. The number of hydrogen-bond donors (Lipinski definition) is 3. The van der Waals surface area contributed by atoms with Crippen molar-refractivity contribution in [3.63, 3.8) is 0 Å². The van der Waals surface area contributed by atoms with Gasteiger partial charge in [-0.15, -0.1) is 0 Å². The molecule has 10 heteroatoms. The summed E-state index contributed by atoms with van der Waals surface area (Å²) in [4.78, 5) is 23.2. The Kier molecular flexibility index (Phi) is 7.93. The highest BCUT2D eigenvalue weighted by Gasteiger charge is 2.23. The van der Waals surface area contributed by atoms with Gasteiger partial charge in [0.05, 0.1) is 16.8 Å². The van der Waals surface area contributed by atoms with Gasteiger partial charge in [-0.05, 0) is 61.9 Å². The molecule has 2 aromatic heterocycles. The van der Waals surface area contributed by atoms with Gasteiger partial charge in [-0.3, -0.25) is 9.69 Å². The highest BCUT2D eigenvalue weighted by molar-refractivity contribution is 6.33. The average Bonchev–Trinajstić information content (AvgIpc) is 3.29. The van der Waals surface area contributed by atoms with E-state index in [0.717, 1.165) is 42.6 Å². The summed E-state index contributed by atoms with van der Waals surface area (Å²) in [6, 6.07) is 7.78. The molecule has 196 valence electrons. The summed E-state index contributed by atoms with van der Waals surface area (Å²) in [6.45, 7) is 4.18. The zero-order valence-electron chi connectivity index (χ0n) is 20.9. The summed E-state index contributed by atoms with van der Waals surface area (Å²) < 4.78 is 11.2. The number of benzene rings is 1. The van der Waals surface area contributed by atoms with Gasteiger partial charge in [0.15, 0.2) is 12.2 Å². The molecule has 1 aliphatic heterocycles. The second-order valence-corrected chi connectivity index (χ2v) is 10.1.